The van der Waals surface area contributed by atoms with Crippen molar-refractivity contribution >= 4 is 5.78 Å². The topological polar surface area (TPSA) is 17.1 Å². The summed E-state index contributed by atoms with van der Waals surface area (Å²) in [6, 6.07) is 17.9. The fourth-order valence-electron chi connectivity index (χ4n) is 2.18. The molecule has 1 nitrogen and oxygen atoms in total. The summed E-state index contributed by atoms with van der Waals surface area (Å²) < 4.78 is 0. The van der Waals surface area contributed by atoms with Crippen molar-refractivity contribution in [2.45, 2.75) is 32.6 Å². The molecule has 0 saturated carbocycles. The number of rotatable bonds is 4. The van der Waals surface area contributed by atoms with Gasteiger partial charge in [-0.2, -0.15) is 0 Å². The molecule has 0 saturated heterocycles. The van der Waals surface area contributed by atoms with Gasteiger partial charge in [-0.25, -0.2) is 0 Å². The van der Waals surface area contributed by atoms with E-state index in [4.69, 9.17) is 0 Å². The first-order valence-electron chi connectivity index (χ1n) is 6.78. The van der Waals surface area contributed by atoms with Crippen LogP contribution < -0.4 is 0 Å². The van der Waals surface area contributed by atoms with E-state index in [-0.39, 0.29) is 11.7 Å². The van der Waals surface area contributed by atoms with Gasteiger partial charge in [0.1, 0.15) is 0 Å². The Hall–Kier alpha value is -1.89. The molecule has 0 aromatic heterocycles. The average molecular weight is 252 g/mol. The second-order valence-corrected chi connectivity index (χ2v) is 5.27. The minimum Gasteiger partial charge on any atom is -0.294 e. The molecule has 0 N–H and O–H groups in total. The molecule has 2 aromatic rings. The predicted octanol–water partition coefficient (Wildman–Crippen LogP) is 4.80. The summed E-state index contributed by atoms with van der Waals surface area (Å²) in [6.07, 6.45) is 0. The van der Waals surface area contributed by atoms with E-state index in [1.165, 1.54) is 5.56 Å². The van der Waals surface area contributed by atoms with Gasteiger partial charge in [0.05, 0.1) is 0 Å². The highest BCUT2D eigenvalue weighted by Gasteiger charge is 2.16. The number of benzene rings is 2. The SMILES string of the molecule is CC(C)c1ccc(C(=O)C(C)c2ccccc2)cc1. The third kappa shape index (κ3) is 3.11. The second-order valence-electron chi connectivity index (χ2n) is 5.27. The Labute approximate surface area is 115 Å². The largest absolute Gasteiger partial charge is 0.294 e. The molecule has 0 amide bonds. The van der Waals surface area contributed by atoms with Crippen molar-refractivity contribution in [3.05, 3.63) is 71.3 Å². The number of ketones is 1. The highest BCUT2D eigenvalue weighted by atomic mass is 16.1. The summed E-state index contributed by atoms with van der Waals surface area (Å²) in [5, 5.41) is 0. The molecular formula is C18H20O. The van der Waals surface area contributed by atoms with Crippen LogP contribution in [0, 0.1) is 0 Å². The van der Waals surface area contributed by atoms with Gasteiger partial charge in [-0.15, -0.1) is 0 Å². The van der Waals surface area contributed by atoms with Crippen molar-refractivity contribution in [3.8, 4) is 0 Å². The lowest BCUT2D eigenvalue weighted by Crippen LogP contribution is -2.09. The molecule has 2 aromatic carbocycles. The van der Waals surface area contributed by atoms with E-state index in [9.17, 15) is 4.79 Å². The molecule has 0 aliphatic heterocycles. The standard InChI is InChI=1S/C18H20O/c1-13(2)15-9-11-17(12-10-15)18(19)14(3)16-7-5-4-6-8-16/h4-14H,1-3H3. The molecule has 0 aliphatic carbocycles. The molecule has 19 heavy (non-hydrogen) atoms. The first-order valence-corrected chi connectivity index (χ1v) is 6.78. The lowest BCUT2D eigenvalue weighted by Gasteiger charge is -2.12. The quantitative estimate of drug-likeness (QED) is 0.714. The van der Waals surface area contributed by atoms with E-state index in [2.05, 4.69) is 26.0 Å². The van der Waals surface area contributed by atoms with Gasteiger partial charge in [0.15, 0.2) is 5.78 Å². The molecule has 0 aliphatic rings. The van der Waals surface area contributed by atoms with Crippen molar-refractivity contribution in [3.63, 3.8) is 0 Å². The van der Waals surface area contributed by atoms with Crippen LogP contribution in [0.4, 0.5) is 0 Å². The van der Waals surface area contributed by atoms with E-state index in [1.54, 1.807) is 0 Å². The maximum Gasteiger partial charge on any atom is 0.170 e. The third-order valence-corrected chi connectivity index (χ3v) is 3.55. The van der Waals surface area contributed by atoms with Crippen molar-refractivity contribution < 1.29 is 4.79 Å². The first kappa shape index (κ1) is 13.5. The summed E-state index contributed by atoms with van der Waals surface area (Å²) in [7, 11) is 0. The zero-order valence-corrected chi connectivity index (χ0v) is 11.8. The number of hydrogen-bond donors (Lipinski definition) is 0. The number of hydrogen-bond acceptors (Lipinski definition) is 1. The Bertz CT molecular complexity index is 538. The van der Waals surface area contributed by atoms with Crippen molar-refractivity contribution in [2.75, 3.05) is 0 Å². The molecule has 0 heterocycles. The van der Waals surface area contributed by atoms with Crippen LogP contribution in [-0.4, -0.2) is 5.78 Å². The molecule has 0 bridgehead atoms. The van der Waals surface area contributed by atoms with Gasteiger partial charge in [0.25, 0.3) is 0 Å². The van der Waals surface area contributed by atoms with Gasteiger partial charge in [0, 0.05) is 11.5 Å². The zero-order valence-electron chi connectivity index (χ0n) is 11.8. The van der Waals surface area contributed by atoms with E-state index in [1.807, 2.05) is 49.4 Å². The lowest BCUT2D eigenvalue weighted by atomic mass is 9.91. The van der Waals surface area contributed by atoms with E-state index < -0.39 is 0 Å². The fourth-order valence-corrected chi connectivity index (χ4v) is 2.18. The van der Waals surface area contributed by atoms with Gasteiger partial charge >= 0.3 is 0 Å². The van der Waals surface area contributed by atoms with Gasteiger partial charge < -0.3 is 0 Å². The maximum absolute atomic E-state index is 12.4. The van der Waals surface area contributed by atoms with Crippen LogP contribution >= 0.6 is 0 Å². The molecule has 0 radical (unpaired) electrons. The molecule has 98 valence electrons. The lowest BCUT2D eigenvalue weighted by molar-refractivity contribution is 0.0966. The van der Waals surface area contributed by atoms with Gasteiger partial charge in [-0.3, -0.25) is 4.79 Å². The van der Waals surface area contributed by atoms with Crippen molar-refractivity contribution in [1.82, 2.24) is 0 Å². The summed E-state index contributed by atoms with van der Waals surface area (Å²) in [5.41, 5.74) is 3.13. The summed E-state index contributed by atoms with van der Waals surface area (Å²) in [5.74, 6) is 0.586. The number of Topliss-reactive ketones (excluding diaryl/α,β-unsaturated/α-hetero) is 1. The average Bonchev–Trinajstić information content (AvgIpc) is 2.46. The Morgan fingerprint density at radius 1 is 0.789 bits per heavy atom. The van der Waals surface area contributed by atoms with Crippen molar-refractivity contribution in [2.24, 2.45) is 0 Å². The van der Waals surface area contributed by atoms with Crippen molar-refractivity contribution in [1.29, 1.82) is 0 Å². The third-order valence-electron chi connectivity index (χ3n) is 3.55. The maximum atomic E-state index is 12.4. The van der Waals surface area contributed by atoms with Crippen LogP contribution in [-0.2, 0) is 0 Å². The highest BCUT2D eigenvalue weighted by molar-refractivity contribution is 6.00. The molecule has 1 unspecified atom stereocenters. The Kier molecular flexibility index (Phi) is 4.16. The van der Waals surface area contributed by atoms with Gasteiger partial charge in [-0.1, -0.05) is 75.4 Å². The summed E-state index contributed by atoms with van der Waals surface area (Å²) in [6.45, 7) is 6.28. The normalized spacial score (nSPS) is 12.4. The molecular weight excluding hydrogens is 232 g/mol. The minimum absolute atomic E-state index is 0.0916. The Morgan fingerprint density at radius 2 is 1.37 bits per heavy atom. The summed E-state index contributed by atoms with van der Waals surface area (Å²) in [4.78, 5) is 12.4. The van der Waals surface area contributed by atoms with Crippen LogP contribution in [0.2, 0.25) is 0 Å². The Morgan fingerprint density at radius 3 is 1.89 bits per heavy atom. The van der Waals surface area contributed by atoms with E-state index in [0.29, 0.717) is 5.92 Å². The van der Waals surface area contributed by atoms with Gasteiger partial charge in [0.2, 0.25) is 0 Å². The van der Waals surface area contributed by atoms with Crippen LogP contribution in [0.5, 0.6) is 0 Å². The van der Waals surface area contributed by atoms with Crippen LogP contribution in [0.25, 0.3) is 0 Å². The van der Waals surface area contributed by atoms with Gasteiger partial charge in [-0.05, 0) is 17.0 Å². The fraction of sp³-hybridized carbons (Fsp3) is 0.278. The number of carbonyl (C=O) groups is 1. The van der Waals surface area contributed by atoms with Crippen LogP contribution in [0.15, 0.2) is 54.6 Å². The monoisotopic (exact) mass is 252 g/mol. The second kappa shape index (κ2) is 5.83. The van der Waals surface area contributed by atoms with Crippen LogP contribution in [0.3, 0.4) is 0 Å². The van der Waals surface area contributed by atoms with Crippen LogP contribution in [0.1, 0.15) is 54.1 Å². The molecule has 1 atom stereocenters. The summed E-state index contributed by atoms with van der Waals surface area (Å²) >= 11 is 0. The number of carbonyl (C=O) groups excluding carboxylic acids is 1. The molecule has 0 fully saturated rings. The predicted molar refractivity (Wildman–Crippen MR) is 79.7 cm³/mol. The molecule has 0 spiro atoms. The smallest absolute Gasteiger partial charge is 0.170 e. The molecule has 1 heteroatoms. The molecule has 2 rings (SSSR count). The minimum atomic E-state index is -0.0916. The van der Waals surface area contributed by atoms with E-state index in [0.717, 1.165) is 11.1 Å². The first-order chi connectivity index (χ1) is 9.09. The highest BCUT2D eigenvalue weighted by Crippen LogP contribution is 2.22. The Balaban J connectivity index is 2.20. The zero-order chi connectivity index (χ0) is 13.8. The van der Waals surface area contributed by atoms with E-state index >= 15 is 0 Å².